The highest BCUT2D eigenvalue weighted by molar-refractivity contribution is 5.93. The third-order valence-electron chi connectivity index (χ3n) is 2.89. The van der Waals surface area contributed by atoms with Gasteiger partial charge in [-0.05, 0) is 20.8 Å². The summed E-state index contributed by atoms with van der Waals surface area (Å²) >= 11 is 0. The van der Waals surface area contributed by atoms with Crippen LogP contribution in [0.5, 0.6) is 0 Å². The number of rotatable bonds is 3. The van der Waals surface area contributed by atoms with Crippen LogP contribution in [-0.4, -0.2) is 52.3 Å². The van der Waals surface area contributed by atoms with Gasteiger partial charge in [0.1, 0.15) is 18.8 Å². The van der Waals surface area contributed by atoms with Gasteiger partial charge >= 0.3 is 0 Å². The van der Waals surface area contributed by atoms with Gasteiger partial charge in [-0.2, -0.15) is 0 Å². The fraction of sp³-hybridized carbons (Fsp3) is 0.700. The van der Waals surface area contributed by atoms with Gasteiger partial charge in [-0.15, -0.1) is 0 Å². The average Bonchev–Trinajstić information content (AvgIpc) is 2.39. The van der Waals surface area contributed by atoms with Crippen LogP contribution >= 0.6 is 0 Å². The SMILES string of the molecule is CC(N)C(=O)N1CC(=O)N(CC(N)=O)C1(C)C. The Bertz CT molecular complexity index is 365. The molecule has 0 aromatic carbocycles. The van der Waals surface area contributed by atoms with Gasteiger partial charge in [0, 0.05) is 0 Å². The van der Waals surface area contributed by atoms with Gasteiger partial charge < -0.3 is 21.3 Å². The van der Waals surface area contributed by atoms with Crippen molar-refractivity contribution in [2.45, 2.75) is 32.5 Å². The molecule has 1 aliphatic heterocycles. The largest absolute Gasteiger partial charge is 0.368 e. The molecule has 17 heavy (non-hydrogen) atoms. The van der Waals surface area contributed by atoms with Crippen LogP contribution in [0.3, 0.4) is 0 Å². The molecule has 96 valence electrons. The third kappa shape index (κ3) is 2.38. The molecule has 3 amide bonds. The van der Waals surface area contributed by atoms with Gasteiger partial charge in [0.15, 0.2) is 0 Å². The fourth-order valence-corrected chi connectivity index (χ4v) is 1.90. The lowest BCUT2D eigenvalue weighted by atomic mass is 10.1. The smallest absolute Gasteiger partial charge is 0.244 e. The normalized spacial score (nSPS) is 20.6. The summed E-state index contributed by atoms with van der Waals surface area (Å²) in [5.74, 6) is -1.24. The Labute approximate surface area is 99.7 Å². The zero-order chi connectivity index (χ0) is 13.4. The van der Waals surface area contributed by atoms with E-state index in [1.54, 1.807) is 20.8 Å². The predicted octanol–water partition coefficient (Wildman–Crippen LogP) is -1.77. The van der Waals surface area contributed by atoms with E-state index in [2.05, 4.69) is 0 Å². The molecule has 1 heterocycles. The Kier molecular flexibility index (Phi) is 3.42. The van der Waals surface area contributed by atoms with Crippen LogP contribution in [0.25, 0.3) is 0 Å². The lowest BCUT2D eigenvalue weighted by Crippen LogP contribution is -2.56. The summed E-state index contributed by atoms with van der Waals surface area (Å²) in [6.07, 6.45) is 0. The molecule has 1 fully saturated rings. The monoisotopic (exact) mass is 242 g/mol. The molecule has 0 aromatic heterocycles. The van der Waals surface area contributed by atoms with Crippen LogP contribution in [0.15, 0.2) is 0 Å². The van der Waals surface area contributed by atoms with Crippen LogP contribution in [0.4, 0.5) is 0 Å². The highest BCUT2D eigenvalue weighted by Gasteiger charge is 2.47. The van der Waals surface area contributed by atoms with E-state index in [1.165, 1.54) is 9.80 Å². The van der Waals surface area contributed by atoms with Gasteiger partial charge in [-0.3, -0.25) is 14.4 Å². The summed E-state index contributed by atoms with van der Waals surface area (Å²) < 4.78 is 0. The van der Waals surface area contributed by atoms with Crippen LogP contribution in [-0.2, 0) is 14.4 Å². The maximum atomic E-state index is 11.8. The molecule has 0 aliphatic carbocycles. The number of nitrogens with zero attached hydrogens (tertiary/aromatic N) is 2. The molecule has 1 aliphatic rings. The molecular weight excluding hydrogens is 224 g/mol. The van der Waals surface area contributed by atoms with E-state index in [9.17, 15) is 14.4 Å². The number of amides is 3. The molecule has 1 atom stereocenters. The van der Waals surface area contributed by atoms with Crippen molar-refractivity contribution in [3.63, 3.8) is 0 Å². The second-order valence-corrected chi connectivity index (χ2v) is 4.65. The van der Waals surface area contributed by atoms with E-state index in [-0.39, 0.29) is 24.9 Å². The molecular formula is C10H18N4O3. The van der Waals surface area contributed by atoms with Gasteiger partial charge in [0.05, 0.1) is 6.04 Å². The average molecular weight is 242 g/mol. The summed E-state index contributed by atoms with van der Waals surface area (Å²) in [4.78, 5) is 37.1. The number of hydrogen-bond donors (Lipinski definition) is 2. The van der Waals surface area contributed by atoms with E-state index in [0.29, 0.717) is 0 Å². The number of carbonyl (C=O) groups is 3. The Morgan fingerprint density at radius 2 is 2.00 bits per heavy atom. The highest BCUT2D eigenvalue weighted by Crippen LogP contribution is 2.27. The summed E-state index contributed by atoms with van der Waals surface area (Å²) in [5.41, 5.74) is 9.71. The lowest BCUT2D eigenvalue weighted by molar-refractivity contribution is -0.141. The van der Waals surface area contributed by atoms with Crippen molar-refractivity contribution >= 4 is 17.7 Å². The van der Waals surface area contributed by atoms with Gasteiger partial charge in [0.2, 0.25) is 17.7 Å². The molecule has 1 rings (SSSR count). The Hall–Kier alpha value is -1.63. The van der Waals surface area contributed by atoms with Gasteiger partial charge in [0.25, 0.3) is 0 Å². The molecule has 0 saturated carbocycles. The first-order valence-electron chi connectivity index (χ1n) is 5.33. The summed E-state index contributed by atoms with van der Waals surface area (Å²) in [6.45, 7) is 4.65. The second-order valence-electron chi connectivity index (χ2n) is 4.65. The Morgan fingerprint density at radius 3 is 2.41 bits per heavy atom. The van der Waals surface area contributed by atoms with E-state index in [1.807, 2.05) is 0 Å². The summed E-state index contributed by atoms with van der Waals surface area (Å²) in [6, 6.07) is -0.685. The maximum absolute atomic E-state index is 11.8. The summed E-state index contributed by atoms with van der Waals surface area (Å²) in [5, 5.41) is 0. The molecule has 0 bridgehead atoms. The quantitative estimate of drug-likeness (QED) is 0.610. The predicted molar refractivity (Wildman–Crippen MR) is 60.3 cm³/mol. The van der Waals surface area contributed by atoms with Crippen molar-refractivity contribution in [1.29, 1.82) is 0 Å². The van der Waals surface area contributed by atoms with E-state index in [0.717, 1.165) is 0 Å². The van der Waals surface area contributed by atoms with Crippen molar-refractivity contribution < 1.29 is 14.4 Å². The third-order valence-corrected chi connectivity index (χ3v) is 2.89. The zero-order valence-electron chi connectivity index (χ0n) is 10.3. The molecule has 1 saturated heterocycles. The van der Waals surface area contributed by atoms with Crippen LogP contribution in [0.2, 0.25) is 0 Å². The first-order chi connectivity index (χ1) is 7.67. The highest BCUT2D eigenvalue weighted by atomic mass is 16.2. The minimum Gasteiger partial charge on any atom is -0.368 e. The summed E-state index contributed by atoms with van der Waals surface area (Å²) in [7, 11) is 0. The topological polar surface area (TPSA) is 110 Å². The van der Waals surface area contributed by atoms with Crippen LogP contribution in [0, 0.1) is 0 Å². The first-order valence-corrected chi connectivity index (χ1v) is 5.33. The minimum atomic E-state index is -0.878. The van der Waals surface area contributed by atoms with Crippen molar-refractivity contribution in [3.8, 4) is 0 Å². The number of carbonyl (C=O) groups excluding carboxylic acids is 3. The number of hydrogen-bond acceptors (Lipinski definition) is 4. The Morgan fingerprint density at radius 1 is 1.47 bits per heavy atom. The second kappa shape index (κ2) is 4.33. The molecule has 0 spiro atoms. The van der Waals surface area contributed by atoms with Crippen molar-refractivity contribution in [1.82, 2.24) is 9.80 Å². The molecule has 1 unspecified atom stereocenters. The van der Waals surface area contributed by atoms with Crippen molar-refractivity contribution in [2.24, 2.45) is 11.5 Å². The van der Waals surface area contributed by atoms with Crippen LogP contribution < -0.4 is 11.5 Å². The Balaban J connectivity index is 2.97. The molecule has 0 aromatic rings. The lowest BCUT2D eigenvalue weighted by Gasteiger charge is -2.37. The van der Waals surface area contributed by atoms with E-state index >= 15 is 0 Å². The molecule has 7 heteroatoms. The molecule has 0 radical (unpaired) electrons. The van der Waals surface area contributed by atoms with Gasteiger partial charge in [-0.25, -0.2) is 0 Å². The number of primary amides is 1. The van der Waals surface area contributed by atoms with Crippen molar-refractivity contribution in [3.05, 3.63) is 0 Å². The molecule has 4 N–H and O–H groups in total. The van der Waals surface area contributed by atoms with E-state index in [4.69, 9.17) is 11.5 Å². The fourth-order valence-electron chi connectivity index (χ4n) is 1.90. The van der Waals surface area contributed by atoms with Gasteiger partial charge in [-0.1, -0.05) is 0 Å². The minimum absolute atomic E-state index is 0.0688. The maximum Gasteiger partial charge on any atom is 0.244 e. The molecule has 7 nitrogen and oxygen atoms in total. The zero-order valence-corrected chi connectivity index (χ0v) is 10.3. The van der Waals surface area contributed by atoms with Crippen molar-refractivity contribution in [2.75, 3.05) is 13.1 Å². The number of nitrogens with two attached hydrogens (primary N) is 2. The van der Waals surface area contributed by atoms with E-state index < -0.39 is 17.6 Å². The van der Waals surface area contributed by atoms with Crippen LogP contribution in [0.1, 0.15) is 20.8 Å². The first kappa shape index (κ1) is 13.4. The standard InChI is InChI=1S/C10H18N4O3/c1-6(11)9(17)14-5-8(16)13(4-7(12)15)10(14,2)3/h6H,4-5,11H2,1-3H3,(H2,12,15).